The van der Waals surface area contributed by atoms with Gasteiger partial charge in [0.2, 0.25) is 0 Å². The Morgan fingerprint density at radius 1 is 1.00 bits per heavy atom. The number of aliphatic carboxylic acids is 3. The van der Waals surface area contributed by atoms with E-state index in [4.69, 9.17) is 35.0 Å². The first-order valence-corrected chi connectivity index (χ1v) is 2.76. The van der Waals surface area contributed by atoms with Gasteiger partial charge < -0.3 is 18.2 Å². The molecule has 0 unspecified atom stereocenters. The molecule has 0 saturated heterocycles. The molecule has 0 fully saturated rings. The second-order valence-corrected chi connectivity index (χ2v) is 1.45. The van der Waals surface area contributed by atoms with E-state index in [1.165, 1.54) is 0 Å². The summed E-state index contributed by atoms with van der Waals surface area (Å²) in [5, 5.41) is 29.5. The average molecular weight is 207 g/mol. The van der Waals surface area contributed by atoms with Crippen LogP contribution in [0.1, 0.15) is 16.7 Å². The van der Waals surface area contributed by atoms with Crippen molar-refractivity contribution in [3.63, 3.8) is 0 Å². The minimum absolute atomic E-state index is 0. The van der Waals surface area contributed by atoms with E-state index in [1.807, 2.05) is 0 Å². The first-order chi connectivity index (χ1) is 5.73. The zero-order valence-corrected chi connectivity index (χ0v) is 9.01. The van der Waals surface area contributed by atoms with Crippen molar-refractivity contribution in [3.05, 3.63) is 0 Å². The van der Waals surface area contributed by atoms with Gasteiger partial charge in [-0.15, -0.1) is 0 Å². The van der Waals surface area contributed by atoms with Gasteiger partial charge >= 0.3 is 43.7 Å². The summed E-state index contributed by atoms with van der Waals surface area (Å²) in [5.74, 6) is -3.11. The molecule has 78 valence electrons. The Morgan fingerprint density at radius 2 is 1.07 bits per heavy atom. The fraction of sp³-hybridized carbons (Fsp3) is 0.333. The molecular formula is C6H11Li2NO6. The van der Waals surface area contributed by atoms with Crippen LogP contribution in [0.3, 0.4) is 0 Å². The molecule has 0 spiro atoms. The zero-order chi connectivity index (χ0) is 11.4. The van der Waals surface area contributed by atoms with Crippen molar-refractivity contribution < 1.29 is 70.3 Å². The third-order valence-electron chi connectivity index (χ3n) is 0.0956. The van der Waals surface area contributed by atoms with Crippen LogP contribution < -0.4 is 37.7 Å². The SMILES string of the molecule is CC(=O)O.CC(=O)O.N#CC(=O)O.[H-].[H-].[Li+].[Li+]. The number of hydrogen-bond acceptors (Lipinski definition) is 4. The maximum absolute atomic E-state index is 9.01. The number of carboxylic acid groups (broad SMARTS) is 3. The Hall–Kier alpha value is -0.905. The van der Waals surface area contributed by atoms with Crippen LogP contribution in [-0.4, -0.2) is 33.2 Å². The Morgan fingerprint density at radius 3 is 1.07 bits per heavy atom. The smallest absolute Gasteiger partial charge is 1.00 e. The van der Waals surface area contributed by atoms with Crippen molar-refractivity contribution in [2.45, 2.75) is 13.8 Å². The molecule has 0 rings (SSSR count). The van der Waals surface area contributed by atoms with Gasteiger partial charge in [-0.2, -0.15) is 5.26 Å². The van der Waals surface area contributed by atoms with Gasteiger partial charge in [0.1, 0.15) is 0 Å². The van der Waals surface area contributed by atoms with E-state index in [0.29, 0.717) is 0 Å². The molecule has 0 aromatic rings. The number of carboxylic acids is 3. The van der Waals surface area contributed by atoms with Crippen LogP contribution in [-0.2, 0) is 14.4 Å². The Balaban J connectivity index is -0.0000000159. The van der Waals surface area contributed by atoms with Crippen LogP contribution in [0.4, 0.5) is 0 Å². The molecule has 0 bridgehead atoms. The van der Waals surface area contributed by atoms with Gasteiger partial charge in [-0.3, -0.25) is 9.59 Å². The van der Waals surface area contributed by atoms with Crippen LogP contribution >= 0.6 is 0 Å². The first-order valence-electron chi connectivity index (χ1n) is 2.76. The van der Waals surface area contributed by atoms with E-state index >= 15 is 0 Å². The number of nitrogens with zero attached hydrogens (tertiary/aromatic N) is 1. The zero-order valence-electron chi connectivity index (χ0n) is 11.0. The van der Waals surface area contributed by atoms with Crippen LogP contribution in [0.25, 0.3) is 0 Å². The summed E-state index contributed by atoms with van der Waals surface area (Å²) in [5.41, 5.74) is 0. The third-order valence-corrected chi connectivity index (χ3v) is 0.0956. The normalized spacial score (nSPS) is 5.13. The molecule has 0 atom stereocenters. The Kier molecular flexibility index (Phi) is 45.1. The molecular weight excluding hydrogens is 196 g/mol. The number of rotatable bonds is 0. The molecule has 0 heterocycles. The quantitative estimate of drug-likeness (QED) is 0.204. The molecule has 7 nitrogen and oxygen atoms in total. The first kappa shape index (κ1) is 29.2. The van der Waals surface area contributed by atoms with Crippen molar-refractivity contribution in [2.24, 2.45) is 0 Å². The largest absolute Gasteiger partial charge is 1.00 e. The van der Waals surface area contributed by atoms with Gasteiger partial charge in [-0.1, -0.05) is 0 Å². The van der Waals surface area contributed by atoms with Gasteiger partial charge in [-0.05, 0) is 0 Å². The van der Waals surface area contributed by atoms with Gasteiger partial charge in [0.25, 0.3) is 11.9 Å². The third kappa shape index (κ3) is 1340. The van der Waals surface area contributed by atoms with Crippen molar-refractivity contribution in [1.82, 2.24) is 0 Å². The van der Waals surface area contributed by atoms with E-state index in [0.717, 1.165) is 19.9 Å². The monoisotopic (exact) mass is 207 g/mol. The molecule has 0 aromatic heterocycles. The molecule has 0 aliphatic heterocycles. The van der Waals surface area contributed by atoms with Crippen molar-refractivity contribution in [1.29, 1.82) is 5.26 Å². The van der Waals surface area contributed by atoms with Crippen molar-refractivity contribution in [2.75, 3.05) is 0 Å². The van der Waals surface area contributed by atoms with Crippen molar-refractivity contribution in [3.8, 4) is 6.07 Å². The number of nitriles is 1. The van der Waals surface area contributed by atoms with Gasteiger partial charge in [-0.25, -0.2) is 4.79 Å². The molecule has 0 radical (unpaired) electrons. The molecule has 0 aromatic carbocycles. The minimum Gasteiger partial charge on any atom is -1.00 e. The molecule has 0 aliphatic rings. The minimum atomic E-state index is -1.44. The van der Waals surface area contributed by atoms with E-state index in [2.05, 4.69) is 0 Å². The molecule has 0 amide bonds. The van der Waals surface area contributed by atoms with Crippen LogP contribution in [0.2, 0.25) is 0 Å². The van der Waals surface area contributed by atoms with E-state index in [-0.39, 0.29) is 40.6 Å². The van der Waals surface area contributed by atoms with Crippen molar-refractivity contribution >= 4 is 17.9 Å². The predicted octanol–water partition coefficient (Wildman–Crippen LogP) is -5.99. The van der Waals surface area contributed by atoms with Gasteiger partial charge in [0.05, 0.1) is 0 Å². The molecule has 0 aliphatic carbocycles. The van der Waals surface area contributed by atoms with E-state index in [1.54, 1.807) is 0 Å². The van der Waals surface area contributed by atoms with Crippen LogP contribution in [0.5, 0.6) is 0 Å². The number of hydrogen-bond donors (Lipinski definition) is 3. The predicted molar refractivity (Wildman–Crippen MR) is 42.1 cm³/mol. The average Bonchev–Trinajstić information content (AvgIpc) is 1.84. The summed E-state index contributed by atoms with van der Waals surface area (Å²) in [7, 11) is 0. The molecule has 9 heteroatoms. The molecule has 15 heavy (non-hydrogen) atoms. The second kappa shape index (κ2) is 23.2. The van der Waals surface area contributed by atoms with E-state index in [9.17, 15) is 0 Å². The maximum atomic E-state index is 9.01. The summed E-state index contributed by atoms with van der Waals surface area (Å²) in [6.45, 7) is 2.17. The van der Waals surface area contributed by atoms with Gasteiger partial charge in [0, 0.05) is 13.8 Å². The van der Waals surface area contributed by atoms with Crippen LogP contribution in [0.15, 0.2) is 0 Å². The standard InChI is InChI=1S/C2HNO2.2C2H4O2.2Li.2H/c3-1-2(4)5;2*1-2(3)4;;;;/h(H,4,5);2*1H3,(H,3,4);;;;/q;;;2*+1;2*-1. The topological polar surface area (TPSA) is 136 Å². The fourth-order valence-corrected chi connectivity index (χ4v) is 0. The van der Waals surface area contributed by atoms with Crippen LogP contribution in [0, 0.1) is 11.3 Å². The molecule has 3 N–H and O–H groups in total. The number of carbonyl (C=O) groups is 3. The summed E-state index contributed by atoms with van der Waals surface area (Å²) >= 11 is 0. The second-order valence-electron chi connectivity index (χ2n) is 1.45. The van der Waals surface area contributed by atoms with E-state index < -0.39 is 17.9 Å². The van der Waals surface area contributed by atoms with Gasteiger partial charge in [0.15, 0.2) is 6.07 Å². The molecule has 0 saturated carbocycles. The summed E-state index contributed by atoms with van der Waals surface area (Å²) < 4.78 is 0. The maximum Gasteiger partial charge on any atom is 1.00 e. The fourth-order valence-electron chi connectivity index (χ4n) is 0. The summed E-state index contributed by atoms with van der Waals surface area (Å²) in [6, 6.07) is 0.944. The Labute approximate surface area is 113 Å². The summed E-state index contributed by atoms with van der Waals surface area (Å²) in [6.07, 6.45) is 0. The Bertz CT molecular complexity index is 213. The summed E-state index contributed by atoms with van der Waals surface area (Å²) in [4.78, 5) is 27.0.